The van der Waals surface area contributed by atoms with Crippen molar-refractivity contribution >= 4 is 17.2 Å². The van der Waals surface area contributed by atoms with Crippen LogP contribution < -0.4 is 4.74 Å². The van der Waals surface area contributed by atoms with Gasteiger partial charge in [0.15, 0.2) is 0 Å². The second kappa shape index (κ2) is 9.47. The Balaban J connectivity index is 1.78. The summed E-state index contributed by atoms with van der Waals surface area (Å²) in [5, 5.41) is 0.608. The summed E-state index contributed by atoms with van der Waals surface area (Å²) in [4.78, 5) is 22.7. The molecule has 0 unspecified atom stereocenters. The Hall–Kier alpha value is -1.99. The van der Waals surface area contributed by atoms with Crippen LogP contribution in [-0.4, -0.2) is 60.5 Å². The van der Waals surface area contributed by atoms with Crippen molar-refractivity contribution in [2.45, 2.75) is 33.1 Å². The van der Waals surface area contributed by atoms with E-state index in [1.807, 2.05) is 11.8 Å². The van der Waals surface area contributed by atoms with Crippen LogP contribution in [0.4, 0.5) is 4.39 Å². The quantitative estimate of drug-likeness (QED) is 0.722. The van der Waals surface area contributed by atoms with Gasteiger partial charge in [-0.15, -0.1) is 11.3 Å². The summed E-state index contributed by atoms with van der Waals surface area (Å²) in [6.45, 7) is 8.58. The number of aryl methyl sites for hydroxylation is 1. The van der Waals surface area contributed by atoms with Gasteiger partial charge in [0.1, 0.15) is 21.5 Å². The molecule has 0 spiro atoms. The fraction of sp³-hybridized carbons (Fsp3) is 0.524. The molecule has 0 saturated carbocycles. The van der Waals surface area contributed by atoms with Gasteiger partial charge in [-0.25, -0.2) is 9.37 Å². The Labute approximate surface area is 170 Å². The van der Waals surface area contributed by atoms with Crippen LogP contribution in [0.5, 0.6) is 5.75 Å². The molecule has 0 aliphatic carbocycles. The Bertz CT molecular complexity index is 824. The van der Waals surface area contributed by atoms with Crippen molar-refractivity contribution in [1.29, 1.82) is 0 Å². The average molecular weight is 406 g/mol. The van der Waals surface area contributed by atoms with E-state index in [-0.39, 0.29) is 11.7 Å². The molecular formula is C21H28FN3O2S. The van der Waals surface area contributed by atoms with Gasteiger partial charge >= 0.3 is 0 Å². The molecule has 5 nitrogen and oxygen atoms in total. The minimum absolute atomic E-state index is 0.0222. The number of rotatable bonds is 6. The van der Waals surface area contributed by atoms with Gasteiger partial charge in [-0.3, -0.25) is 4.79 Å². The van der Waals surface area contributed by atoms with E-state index in [9.17, 15) is 9.18 Å². The van der Waals surface area contributed by atoms with Crippen LogP contribution in [0.3, 0.4) is 0 Å². The minimum atomic E-state index is -0.351. The third-order valence-electron chi connectivity index (χ3n) is 5.09. The number of nitrogens with zero attached hydrogens (tertiary/aromatic N) is 3. The molecule has 1 fully saturated rings. The summed E-state index contributed by atoms with van der Waals surface area (Å²) in [5.41, 5.74) is 1.26. The van der Waals surface area contributed by atoms with Gasteiger partial charge < -0.3 is 14.5 Å². The number of unbranched alkanes of at least 4 members (excludes halogenated alkanes) is 1. The lowest BCUT2D eigenvalue weighted by molar-refractivity contribution is 0.0765. The molecular weight excluding hydrogens is 377 g/mol. The van der Waals surface area contributed by atoms with Crippen molar-refractivity contribution in [1.82, 2.24) is 14.8 Å². The zero-order chi connectivity index (χ0) is 20.1. The summed E-state index contributed by atoms with van der Waals surface area (Å²) in [6, 6.07) is 4.35. The molecule has 7 heteroatoms. The van der Waals surface area contributed by atoms with Gasteiger partial charge in [-0.05, 0) is 51.1 Å². The maximum absolute atomic E-state index is 13.7. The molecule has 2 aromatic rings. The van der Waals surface area contributed by atoms with E-state index < -0.39 is 0 Å². The number of thiazole rings is 1. The van der Waals surface area contributed by atoms with Crippen molar-refractivity contribution in [3.63, 3.8) is 0 Å². The van der Waals surface area contributed by atoms with E-state index >= 15 is 0 Å². The summed E-state index contributed by atoms with van der Waals surface area (Å²) in [6.07, 6.45) is 3.37. The lowest BCUT2D eigenvalue weighted by atomic mass is 10.2. The number of methoxy groups -OCH3 is 1. The number of halogens is 1. The molecule has 1 amide bonds. The molecule has 28 heavy (non-hydrogen) atoms. The smallest absolute Gasteiger partial charge is 0.265 e. The van der Waals surface area contributed by atoms with Crippen LogP contribution in [0.1, 0.15) is 41.6 Å². The van der Waals surface area contributed by atoms with Crippen molar-refractivity contribution in [3.8, 4) is 16.3 Å². The summed E-state index contributed by atoms with van der Waals surface area (Å²) >= 11 is 1.31. The average Bonchev–Trinajstić information content (AvgIpc) is 2.93. The second-order valence-electron chi connectivity index (χ2n) is 7.12. The predicted octanol–water partition coefficient (Wildman–Crippen LogP) is 4.21. The Kier molecular flexibility index (Phi) is 7.02. The second-order valence-corrected chi connectivity index (χ2v) is 8.12. The molecule has 1 aromatic heterocycles. The van der Waals surface area contributed by atoms with E-state index in [1.165, 1.54) is 36.3 Å². The summed E-state index contributed by atoms with van der Waals surface area (Å²) in [5.74, 6) is 0.223. The number of carbonyl (C=O) groups is 1. The standard InChI is InChI=1S/C21H28FN3O2S/c1-4-5-9-24-10-6-11-25(13-12-24)21(26)19-15(2)23-20(28-19)17-14-16(22)7-8-18(17)27-3/h7-8,14H,4-6,9-13H2,1-3H3. The van der Waals surface area contributed by atoms with Gasteiger partial charge in [-0.1, -0.05) is 13.3 Å². The van der Waals surface area contributed by atoms with Gasteiger partial charge in [0.05, 0.1) is 18.4 Å². The number of hydrogen-bond acceptors (Lipinski definition) is 5. The summed E-state index contributed by atoms with van der Waals surface area (Å²) < 4.78 is 19.1. The topological polar surface area (TPSA) is 45.7 Å². The fourth-order valence-corrected chi connectivity index (χ4v) is 4.54. The first kappa shape index (κ1) is 20.7. The van der Waals surface area contributed by atoms with Gasteiger partial charge in [-0.2, -0.15) is 0 Å². The molecule has 0 bridgehead atoms. The monoisotopic (exact) mass is 405 g/mol. The third-order valence-corrected chi connectivity index (χ3v) is 6.27. The highest BCUT2D eigenvalue weighted by molar-refractivity contribution is 7.17. The molecule has 0 N–H and O–H groups in total. The van der Waals surface area contributed by atoms with Crippen LogP contribution in [-0.2, 0) is 0 Å². The van der Waals surface area contributed by atoms with E-state index in [1.54, 1.807) is 13.2 Å². The van der Waals surface area contributed by atoms with Crippen LogP contribution in [0, 0.1) is 12.7 Å². The third kappa shape index (κ3) is 4.70. The van der Waals surface area contributed by atoms with E-state index in [0.717, 1.165) is 39.1 Å². The maximum atomic E-state index is 13.7. The van der Waals surface area contributed by atoms with E-state index in [2.05, 4.69) is 16.8 Å². The van der Waals surface area contributed by atoms with Gasteiger partial charge in [0.25, 0.3) is 5.91 Å². The first-order valence-electron chi connectivity index (χ1n) is 9.86. The van der Waals surface area contributed by atoms with Gasteiger partial charge in [0.2, 0.25) is 0 Å². The van der Waals surface area contributed by atoms with Crippen molar-refractivity contribution in [2.24, 2.45) is 0 Å². The number of hydrogen-bond donors (Lipinski definition) is 0. The van der Waals surface area contributed by atoms with Crippen molar-refractivity contribution in [3.05, 3.63) is 34.6 Å². The summed E-state index contributed by atoms with van der Waals surface area (Å²) in [7, 11) is 1.55. The fourth-order valence-electron chi connectivity index (χ4n) is 3.48. The molecule has 152 valence electrons. The normalized spacial score (nSPS) is 15.5. The van der Waals surface area contributed by atoms with Crippen LogP contribution in [0.25, 0.3) is 10.6 Å². The lowest BCUT2D eigenvalue weighted by Gasteiger charge is -2.21. The first-order chi connectivity index (χ1) is 13.5. The lowest BCUT2D eigenvalue weighted by Crippen LogP contribution is -2.35. The first-order valence-corrected chi connectivity index (χ1v) is 10.7. The van der Waals surface area contributed by atoms with Crippen LogP contribution in [0.15, 0.2) is 18.2 Å². The number of benzene rings is 1. The molecule has 2 heterocycles. The molecule has 1 saturated heterocycles. The SMILES string of the molecule is CCCCN1CCCN(C(=O)c2sc(-c3cc(F)ccc3OC)nc2C)CC1. The highest BCUT2D eigenvalue weighted by Gasteiger charge is 2.25. The molecule has 1 aromatic carbocycles. The maximum Gasteiger partial charge on any atom is 0.265 e. The molecule has 3 rings (SSSR count). The predicted molar refractivity (Wildman–Crippen MR) is 111 cm³/mol. The number of aromatic nitrogens is 1. The van der Waals surface area contributed by atoms with Crippen molar-refractivity contribution < 1.29 is 13.9 Å². The Morgan fingerprint density at radius 3 is 2.86 bits per heavy atom. The van der Waals surface area contributed by atoms with Crippen molar-refractivity contribution in [2.75, 3.05) is 39.8 Å². The Morgan fingerprint density at radius 2 is 2.11 bits per heavy atom. The highest BCUT2D eigenvalue weighted by Crippen LogP contribution is 2.35. The zero-order valence-electron chi connectivity index (χ0n) is 16.8. The zero-order valence-corrected chi connectivity index (χ0v) is 17.6. The highest BCUT2D eigenvalue weighted by atomic mass is 32.1. The van der Waals surface area contributed by atoms with E-state index in [0.29, 0.717) is 26.9 Å². The number of ether oxygens (including phenoxy) is 1. The molecule has 1 aliphatic heterocycles. The van der Waals surface area contributed by atoms with E-state index in [4.69, 9.17) is 4.74 Å². The largest absolute Gasteiger partial charge is 0.496 e. The number of amides is 1. The number of carbonyl (C=O) groups excluding carboxylic acids is 1. The molecule has 1 aliphatic rings. The Morgan fingerprint density at radius 1 is 1.29 bits per heavy atom. The minimum Gasteiger partial charge on any atom is -0.496 e. The molecule has 0 radical (unpaired) electrons. The van der Waals surface area contributed by atoms with Crippen LogP contribution in [0.2, 0.25) is 0 Å². The van der Waals surface area contributed by atoms with Crippen LogP contribution >= 0.6 is 11.3 Å². The van der Waals surface area contributed by atoms with Gasteiger partial charge in [0, 0.05) is 19.6 Å². The molecule has 0 atom stereocenters.